The average Bonchev–Trinajstić information content (AvgIpc) is 3.15. The molecule has 0 spiro atoms. The lowest BCUT2D eigenvalue weighted by molar-refractivity contribution is -0.0514. The maximum absolute atomic E-state index is 9.53. The van der Waals surface area contributed by atoms with Crippen LogP contribution in [0.25, 0.3) is 0 Å². The molecule has 0 amide bonds. The summed E-state index contributed by atoms with van der Waals surface area (Å²) in [6, 6.07) is 10.5. The standard InChI is InChI=1S/C15H20O2/c16-8-12-13(9-17)15(11-6-7-11)14(12)10-4-2-1-3-5-10/h1-5,11-17H,6-9H2/t12-,13+,14+,15-/m1/s1. The summed E-state index contributed by atoms with van der Waals surface area (Å²) < 4.78 is 0. The van der Waals surface area contributed by atoms with E-state index in [0.29, 0.717) is 17.8 Å². The SMILES string of the molecule is OC[C@@H]1[C@H](CO)[C@@H](C2CC2)[C@H]1c1ccccc1. The lowest BCUT2D eigenvalue weighted by atomic mass is 9.53. The van der Waals surface area contributed by atoms with Gasteiger partial charge in [-0.3, -0.25) is 0 Å². The van der Waals surface area contributed by atoms with Gasteiger partial charge in [0.05, 0.1) is 0 Å². The van der Waals surface area contributed by atoms with E-state index in [-0.39, 0.29) is 19.1 Å². The van der Waals surface area contributed by atoms with Gasteiger partial charge in [-0.2, -0.15) is 0 Å². The zero-order chi connectivity index (χ0) is 11.8. The van der Waals surface area contributed by atoms with Crippen LogP contribution in [0.5, 0.6) is 0 Å². The second kappa shape index (κ2) is 4.43. The van der Waals surface area contributed by atoms with Crippen LogP contribution in [0.15, 0.2) is 30.3 Å². The zero-order valence-electron chi connectivity index (χ0n) is 10.00. The van der Waals surface area contributed by atoms with Crippen LogP contribution in [0, 0.1) is 23.7 Å². The minimum Gasteiger partial charge on any atom is -0.396 e. The summed E-state index contributed by atoms with van der Waals surface area (Å²) in [5, 5.41) is 19.0. The third-order valence-electron chi connectivity index (χ3n) is 4.69. The molecule has 2 nitrogen and oxygen atoms in total. The number of rotatable bonds is 4. The molecule has 2 heteroatoms. The van der Waals surface area contributed by atoms with Gasteiger partial charge < -0.3 is 10.2 Å². The van der Waals surface area contributed by atoms with Crippen LogP contribution in [0.4, 0.5) is 0 Å². The van der Waals surface area contributed by atoms with Crippen molar-refractivity contribution in [3.05, 3.63) is 35.9 Å². The Morgan fingerprint density at radius 1 is 0.941 bits per heavy atom. The second-order valence-electron chi connectivity index (χ2n) is 5.54. The van der Waals surface area contributed by atoms with E-state index in [9.17, 15) is 10.2 Å². The molecule has 2 fully saturated rings. The summed E-state index contributed by atoms with van der Waals surface area (Å²) in [5.41, 5.74) is 1.34. The van der Waals surface area contributed by atoms with Gasteiger partial charge in [0.25, 0.3) is 0 Å². The summed E-state index contributed by atoms with van der Waals surface area (Å²) >= 11 is 0. The summed E-state index contributed by atoms with van der Waals surface area (Å²) in [4.78, 5) is 0. The molecule has 0 aliphatic heterocycles. The molecule has 17 heavy (non-hydrogen) atoms. The van der Waals surface area contributed by atoms with Gasteiger partial charge >= 0.3 is 0 Å². The Balaban J connectivity index is 1.86. The van der Waals surface area contributed by atoms with E-state index in [1.807, 2.05) is 6.07 Å². The first-order chi connectivity index (χ1) is 8.36. The van der Waals surface area contributed by atoms with Crippen molar-refractivity contribution in [2.45, 2.75) is 18.8 Å². The first-order valence-corrected chi connectivity index (χ1v) is 6.63. The van der Waals surface area contributed by atoms with E-state index in [0.717, 1.165) is 5.92 Å². The monoisotopic (exact) mass is 232 g/mol. The van der Waals surface area contributed by atoms with Gasteiger partial charge in [-0.1, -0.05) is 30.3 Å². The Morgan fingerprint density at radius 3 is 2.12 bits per heavy atom. The topological polar surface area (TPSA) is 40.5 Å². The van der Waals surface area contributed by atoms with Gasteiger partial charge in [-0.05, 0) is 48.0 Å². The molecule has 2 aliphatic rings. The molecule has 2 N–H and O–H groups in total. The van der Waals surface area contributed by atoms with Crippen LogP contribution in [-0.2, 0) is 0 Å². The normalized spacial score (nSPS) is 36.6. The van der Waals surface area contributed by atoms with Gasteiger partial charge in [0.15, 0.2) is 0 Å². The van der Waals surface area contributed by atoms with Gasteiger partial charge in [0.1, 0.15) is 0 Å². The molecular formula is C15H20O2. The van der Waals surface area contributed by atoms with Crippen LogP contribution in [0.3, 0.4) is 0 Å². The van der Waals surface area contributed by atoms with E-state index < -0.39 is 0 Å². The van der Waals surface area contributed by atoms with Crippen LogP contribution >= 0.6 is 0 Å². The highest BCUT2D eigenvalue weighted by atomic mass is 16.3. The van der Waals surface area contributed by atoms with Crippen LogP contribution < -0.4 is 0 Å². The minimum atomic E-state index is 0.202. The quantitative estimate of drug-likeness (QED) is 0.834. The Bertz CT molecular complexity index is 372. The van der Waals surface area contributed by atoms with Gasteiger partial charge in [0.2, 0.25) is 0 Å². The van der Waals surface area contributed by atoms with E-state index in [4.69, 9.17) is 0 Å². The fourth-order valence-corrected chi connectivity index (χ4v) is 3.73. The Labute approximate surface area is 102 Å². The number of hydrogen-bond acceptors (Lipinski definition) is 2. The molecule has 0 saturated heterocycles. The summed E-state index contributed by atoms with van der Waals surface area (Å²) in [6.07, 6.45) is 2.62. The third kappa shape index (κ3) is 1.80. The lowest BCUT2D eigenvalue weighted by Crippen LogP contribution is -2.49. The maximum Gasteiger partial charge on any atom is 0.0468 e. The predicted octanol–water partition coefficient (Wildman–Crippen LogP) is 2.03. The Morgan fingerprint density at radius 2 is 1.59 bits per heavy atom. The molecule has 1 aromatic rings. The van der Waals surface area contributed by atoms with Crippen molar-refractivity contribution in [3.8, 4) is 0 Å². The van der Waals surface area contributed by atoms with Gasteiger partial charge in [-0.25, -0.2) is 0 Å². The molecule has 0 heterocycles. The molecule has 1 aromatic carbocycles. The minimum absolute atomic E-state index is 0.202. The van der Waals surface area contributed by atoms with Crippen molar-refractivity contribution >= 4 is 0 Å². The van der Waals surface area contributed by atoms with Crippen molar-refractivity contribution in [2.24, 2.45) is 23.7 Å². The van der Waals surface area contributed by atoms with Crippen molar-refractivity contribution in [2.75, 3.05) is 13.2 Å². The van der Waals surface area contributed by atoms with Crippen molar-refractivity contribution in [3.63, 3.8) is 0 Å². The summed E-state index contributed by atoms with van der Waals surface area (Å²) in [5.74, 6) is 2.43. The molecule has 0 radical (unpaired) electrons. The molecular weight excluding hydrogens is 212 g/mol. The highest BCUT2D eigenvalue weighted by Crippen LogP contribution is 2.60. The number of hydrogen-bond donors (Lipinski definition) is 2. The van der Waals surface area contributed by atoms with E-state index >= 15 is 0 Å². The maximum atomic E-state index is 9.53. The first-order valence-electron chi connectivity index (χ1n) is 6.63. The lowest BCUT2D eigenvalue weighted by Gasteiger charge is -2.52. The molecule has 0 unspecified atom stereocenters. The average molecular weight is 232 g/mol. The van der Waals surface area contributed by atoms with E-state index in [1.54, 1.807) is 0 Å². The summed E-state index contributed by atoms with van der Waals surface area (Å²) in [7, 11) is 0. The fraction of sp³-hybridized carbons (Fsp3) is 0.600. The molecule has 2 aliphatic carbocycles. The Kier molecular flexibility index (Phi) is 2.93. The molecule has 2 saturated carbocycles. The zero-order valence-corrected chi connectivity index (χ0v) is 10.00. The molecule has 0 aromatic heterocycles. The van der Waals surface area contributed by atoms with E-state index in [1.165, 1.54) is 18.4 Å². The highest BCUT2D eigenvalue weighted by molar-refractivity contribution is 5.27. The Hall–Kier alpha value is -0.860. The van der Waals surface area contributed by atoms with Crippen molar-refractivity contribution < 1.29 is 10.2 Å². The van der Waals surface area contributed by atoms with Crippen LogP contribution in [0.1, 0.15) is 24.3 Å². The number of aliphatic hydroxyl groups is 2. The smallest absolute Gasteiger partial charge is 0.0468 e. The fourth-order valence-electron chi connectivity index (χ4n) is 3.73. The largest absolute Gasteiger partial charge is 0.396 e. The van der Waals surface area contributed by atoms with Crippen LogP contribution in [0.2, 0.25) is 0 Å². The third-order valence-corrected chi connectivity index (χ3v) is 4.69. The molecule has 4 atom stereocenters. The van der Waals surface area contributed by atoms with Crippen molar-refractivity contribution in [1.82, 2.24) is 0 Å². The molecule has 3 rings (SSSR count). The summed E-state index contributed by atoms with van der Waals surface area (Å²) in [6.45, 7) is 0.434. The molecule has 0 bridgehead atoms. The van der Waals surface area contributed by atoms with Gasteiger partial charge in [0, 0.05) is 13.2 Å². The predicted molar refractivity (Wildman–Crippen MR) is 66.5 cm³/mol. The highest BCUT2D eigenvalue weighted by Gasteiger charge is 2.55. The first kappa shape index (κ1) is 11.2. The number of aliphatic hydroxyl groups excluding tert-OH is 2. The van der Waals surface area contributed by atoms with E-state index in [2.05, 4.69) is 24.3 Å². The number of benzene rings is 1. The van der Waals surface area contributed by atoms with Crippen LogP contribution in [-0.4, -0.2) is 23.4 Å². The van der Waals surface area contributed by atoms with Crippen molar-refractivity contribution in [1.29, 1.82) is 0 Å². The molecule has 92 valence electrons. The van der Waals surface area contributed by atoms with Gasteiger partial charge in [-0.15, -0.1) is 0 Å². The second-order valence-corrected chi connectivity index (χ2v) is 5.54.